The van der Waals surface area contributed by atoms with Gasteiger partial charge in [-0.3, -0.25) is 0 Å². The Balaban J connectivity index is 2.19. The van der Waals surface area contributed by atoms with Crippen molar-refractivity contribution < 1.29 is 4.48 Å². The van der Waals surface area contributed by atoms with Crippen molar-refractivity contribution in [1.29, 1.82) is 0 Å². The fourth-order valence-electron chi connectivity index (χ4n) is 3.24. The van der Waals surface area contributed by atoms with Crippen molar-refractivity contribution in [2.24, 2.45) is 0 Å². The molecule has 0 N–H and O–H groups in total. The molecule has 11 heavy (non-hydrogen) atoms. The van der Waals surface area contributed by atoms with Crippen LogP contribution in [0.25, 0.3) is 0 Å². The molecule has 2 heterocycles. The summed E-state index contributed by atoms with van der Waals surface area (Å²) in [5.41, 5.74) is 0. The zero-order valence-corrected chi connectivity index (χ0v) is 7.84. The first-order valence-electron chi connectivity index (χ1n) is 5.12. The lowest BCUT2D eigenvalue weighted by atomic mass is 10.2. The van der Waals surface area contributed by atoms with Crippen LogP contribution in [-0.2, 0) is 0 Å². The molecule has 1 heteroatoms. The Morgan fingerprint density at radius 2 is 1.36 bits per heavy atom. The quantitative estimate of drug-likeness (QED) is 0.469. The first kappa shape index (κ1) is 7.60. The molecule has 2 unspecified atom stereocenters. The van der Waals surface area contributed by atoms with Crippen LogP contribution in [0.3, 0.4) is 0 Å². The van der Waals surface area contributed by atoms with Gasteiger partial charge in [0.15, 0.2) is 0 Å². The lowest BCUT2D eigenvalue weighted by Gasteiger charge is -2.38. The topological polar surface area (TPSA) is 0 Å². The Bertz CT molecular complexity index is 135. The third-order valence-electron chi connectivity index (χ3n) is 4.16. The average molecular weight is 154 g/mol. The summed E-state index contributed by atoms with van der Waals surface area (Å²) in [6.07, 6.45) is 5.91. The first-order chi connectivity index (χ1) is 5.26. The lowest BCUT2D eigenvalue weighted by molar-refractivity contribution is -0.946. The van der Waals surface area contributed by atoms with Gasteiger partial charge in [0.2, 0.25) is 0 Å². The summed E-state index contributed by atoms with van der Waals surface area (Å²) in [6.45, 7) is 7.86. The number of quaternary nitrogens is 1. The predicted octanol–water partition coefficient (Wildman–Crippen LogP) is 2.17. The molecule has 0 saturated carbocycles. The molecule has 1 spiro atoms. The van der Waals surface area contributed by atoms with Crippen molar-refractivity contribution in [3.05, 3.63) is 0 Å². The SMILES string of the molecule is CC1CCC(C)[N+]12CCCC2. The van der Waals surface area contributed by atoms with E-state index in [2.05, 4.69) is 13.8 Å². The maximum atomic E-state index is 2.45. The van der Waals surface area contributed by atoms with Crippen molar-refractivity contribution >= 4 is 0 Å². The summed E-state index contributed by atoms with van der Waals surface area (Å²) >= 11 is 0. The van der Waals surface area contributed by atoms with Crippen LogP contribution in [0.1, 0.15) is 39.5 Å². The summed E-state index contributed by atoms with van der Waals surface area (Å²) in [6, 6.07) is 1.93. The highest BCUT2D eigenvalue weighted by molar-refractivity contribution is 4.73. The second-order valence-corrected chi connectivity index (χ2v) is 4.53. The monoisotopic (exact) mass is 154 g/mol. The van der Waals surface area contributed by atoms with Crippen molar-refractivity contribution in [3.63, 3.8) is 0 Å². The van der Waals surface area contributed by atoms with Crippen LogP contribution in [0.5, 0.6) is 0 Å². The molecule has 2 rings (SSSR count). The Morgan fingerprint density at radius 1 is 0.909 bits per heavy atom. The highest BCUT2D eigenvalue weighted by Gasteiger charge is 2.46. The van der Waals surface area contributed by atoms with Gasteiger partial charge in [0.05, 0.1) is 25.2 Å². The van der Waals surface area contributed by atoms with Gasteiger partial charge in [-0.25, -0.2) is 0 Å². The molecular formula is C10H20N+. The fraction of sp³-hybridized carbons (Fsp3) is 1.00. The molecule has 1 nitrogen and oxygen atoms in total. The molecular weight excluding hydrogens is 134 g/mol. The van der Waals surface area contributed by atoms with Gasteiger partial charge in [0.25, 0.3) is 0 Å². The van der Waals surface area contributed by atoms with Gasteiger partial charge < -0.3 is 4.48 Å². The number of hydrogen-bond acceptors (Lipinski definition) is 0. The summed E-state index contributed by atoms with van der Waals surface area (Å²) < 4.78 is 1.47. The van der Waals surface area contributed by atoms with Crippen LogP contribution >= 0.6 is 0 Å². The van der Waals surface area contributed by atoms with E-state index in [1.165, 1.54) is 43.3 Å². The first-order valence-corrected chi connectivity index (χ1v) is 5.12. The maximum absolute atomic E-state index is 2.45. The van der Waals surface area contributed by atoms with E-state index in [0.29, 0.717) is 0 Å². The zero-order chi connectivity index (χ0) is 7.90. The molecule has 64 valence electrons. The van der Waals surface area contributed by atoms with E-state index in [-0.39, 0.29) is 0 Å². The van der Waals surface area contributed by atoms with E-state index in [4.69, 9.17) is 0 Å². The molecule has 2 aliphatic heterocycles. The van der Waals surface area contributed by atoms with Crippen LogP contribution < -0.4 is 0 Å². The highest BCUT2D eigenvalue weighted by Crippen LogP contribution is 2.37. The van der Waals surface area contributed by atoms with E-state index in [9.17, 15) is 0 Å². The number of hydrogen-bond donors (Lipinski definition) is 0. The largest absolute Gasteiger partial charge is 0.319 e. The standard InChI is InChI=1S/C10H20N/c1-9-5-6-10(2)11(9)7-3-4-8-11/h9-10H,3-8H2,1-2H3/q+1. The van der Waals surface area contributed by atoms with E-state index in [1.807, 2.05) is 0 Å². The van der Waals surface area contributed by atoms with Crippen molar-refractivity contribution in [2.45, 2.75) is 51.6 Å². The molecule has 0 aromatic heterocycles. The summed E-state index contributed by atoms with van der Waals surface area (Å²) in [5.74, 6) is 0. The molecule has 2 atom stereocenters. The van der Waals surface area contributed by atoms with Crippen molar-refractivity contribution in [3.8, 4) is 0 Å². The van der Waals surface area contributed by atoms with E-state index < -0.39 is 0 Å². The summed E-state index contributed by atoms with van der Waals surface area (Å²) in [5, 5.41) is 0. The Kier molecular flexibility index (Phi) is 1.71. The fourth-order valence-corrected chi connectivity index (χ4v) is 3.24. The van der Waals surface area contributed by atoms with Gasteiger partial charge in [-0.2, -0.15) is 0 Å². The number of nitrogens with zero attached hydrogens (tertiary/aromatic N) is 1. The van der Waals surface area contributed by atoms with Gasteiger partial charge in [0.1, 0.15) is 0 Å². The molecule has 0 aromatic rings. The van der Waals surface area contributed by atoms with E-state index in [1.54, 1.807) is 0 Å². The molecule has 0 radical (unpaired) electrons. The molecule has 2 fully saturated rings. The van der Waals surface area contributed by atoms with Crippen LogP contribution in [-0.4, -0.2) is 29.7 Å². The van der Waals surface area contributed by atoms with Crippen LogP contribution in [0.2, 0.25) is 0 Å². The zero-order valence-electron chi connectivity index (χ0n) is 7.84. The maximum Gasteiger partial charge on any atom is 0.0866 e. The van der Waals surface area contributed by atoms with Crippen LogP contribution in [0.4, 0.5) is 0 Å². The van der Waals surface area contributed by atoms with Crippen molar-refractivity contribution in [1.82, 2.24) is 0 Å². The average Bonchev–Trinajstić information content (AvgIpc) is 2.56. The lowest BCUT2D eigenvalue weighted by Crippen LogP contribution is -2.52. The van der Waals surface area contributed by atoms with Crippen molar-refractivity contribution in [2.75, 3.05) is 13.1 Å². The highest BCUT2D eigenvalue weighted by atomic mass is 15.4. The van der Waals surface area contributed by atoms with Crippen LogP contribution in [0, 0.1) is 0 Å². The summed E-state index contributed by atoms with van der Waals surface area (Å²) in [4.78, 5) is 0. The number of rotatable bonds is 0. The second-order valence-electron chi connectivity index (χ2n) is 4.53. The third-order valence-corrected chi connectivity index (χ3v) is 4.16. The Morgan fingerprint density at radius 3 is 1.82 bits per heavy atom. The molecule has 0 aliphatic carbocycles. The van der Waals surface area contributed by atoms with E-state index >= 15 is 0 Å². The predicted molar refractivity (Wildman–Crippen MR) is 47.4 cm³/mol. The molecule has 2 saturated heterocycles. The second kappa shape index (κ2) is 2.48. The molecule has 2 aliphatic rings. The van der Waals surface area contributed by atoms with Gasteiger partial charge in [-0.1, -0.05) is 0 Å². The third kappa shape index (κ3) is 0.936. The minimum Gasteiger partial charge on any atom is -0.319 e. The Hall–Kier alpha value is -0.0400. The van der Waals surface area contributed by atoms with Gasteiger partial charge in [-0.15, -0.1) is 0 Å². The Labute approximate surface area is 70.0 Å². The molecule has 0 bridgehead atoms. The molecule has 0 amide bonds. The van der Waals surface area contributed by atoms with Gasteiger partial charge in [-0.05, 0) is 13.8 Å². The van der Waals surface area contributed by atoms with Crippen LogP contribution in [0.15, 0.2) is 0 Å². The van der Waals surface area contributed by atoms with Gasteiger partial charge in [0, 0.05) is 25.7 Å². The van der Waals surface area contributed by atoms with E-state index in [0.717, 1.165) is 12.1 Å². The minimum atomic E-state index is 0.965. The normalized spacial score (nSPS) is 42.0. The summed E-state index contributed by atoms with van der Waals surface area (Å²) in [7, 11) is 0. The smallest absolute Gasteiger partial charge is 0.0866 e. The molecule has 0 aromatic carbocycles. The minimum absolute atomic E-state index is 0.965. The van der Waals surface area contributed by atoms with Gasteiger partial charge >= 0.3 is 0 Å².